The molecule has 0 aromatic heterocycles. The molecule has 22 heavy (non-hydrogen) atoms. The van der Waals surface area contributed by atoms with Crippen LogP contribution in [-0.2, 0) is 0 Å². The second-order valence-corrected chi connectivity index (χ2v) is 6.25. The summed E-state index contributed by atoms with van der Waals surface area (Å²) in [5.41, 5.74) is 0. The molecule has 0 unspecified atom stereocenters. The molecule has 0 saturated heterocycles. The summed E-state index contributed by atoms with van der Waals surface area (Å²) in [4.78, 5) is 0. The first kappa shape index (κ1) is 24.0. The lowest BCUT2D eigenvalue weighted by atomic mass is 10.1. The van der Waals surface area contributed by atoms with E-state index >= 15 is 0 Å². The van der Waals surface area contributed by atoms with Gasteiger partial charge in [-0.15, -0.1) is 0 Å². The van der Waals surface area contributed by atoms with Gasteiger partial charge in [-0.3, -0.25) is 0 Å². The van der Waals surface area contributed by atoms with Crippen LogP contribution in [0.4, 0.5) is 13.2 Å². The van der Waals surface area contributed by atoms with Crippen molar-refractivity contribution in [3.8, 4) is 0 Å². The van der Waals surface area contributed by atoms with Crippen LogP contribution in [0.1, 0.15) is 117 Å². The predicted molar refractivity (Wildman–Crippen MR) is 92.3 cm³/mol. The number of halogens is 3. The van der Waals surface area contributed by atoms with E-state index in [-0.39, 0.29) is 0 Å². The lowest BCUT2D eigenvalue weighted by Gasteiger charge is -2.05. The summed E-state index contributed by atoms with van der Waals surface area (Å²) in [6.07, 6.45) is 11.9. The summed E-state index contributed by atoms with van der Waals surface area (Å²) in [5, 5.41) is 0. The fourth-order valence-corrected chi connectivity index (χ4v) is 2.31. The Kier molecular flexibility index (Phi) is 20.6. The van der Waals surface area contributed by atoms with Crippen LogP contribution in [0.25, 0.3) is 0 Å². The van der Waals surface area contributed by atoms with Crippen LogP contribution in [-0.4, -0.2) is 6.18 Å². The second kappa shape index (κ2) is 18.8. The molecule has 0 aliphatic rings. The molecule has 136 valence electrons. The zero-order chi connectivity index (χ0) is 17.1. The van der Waals surface area contributed by atoms with Crippen LogP contribution in [0.5, 0.6) is 0 Å². The van der Waals surface area contributed by atoms with Crippen molar-refractivity contribution in [2.45, 2.75) is 123 Å². The molecular weight excluding hydrogens is 285 g/mol. The molecule has 0 fully saturated rings. The molecule has 0 aliphatic carbocycles. The van der Waals surface area contributed by atoms with Gasteiger partial charge >= 0.3 is 6.18 Å². The van der Waals surface area contributed by atoms with Gasteiger partial charge in [0, 0.05) is 6.42 Å². The molecule has 0 atom stereocenters. The fraction of sp³-hybridized carbons (Fsp3) is 1.00. The summed E-state index contributed by atoms with van der Waals surface area (Å²) in [6, 6.07) is 0. The number of hydrogen-bond donors (Lipinski definition) is 0. The van der Waals surface area contributed by atoms with Crippen molar-refractivity contribution >= 4 is 0 Å². The van der Waals surface area contributed by atoms with Gasteiger partial charge in [0.25, 0.3) is 0 Å². The second-order valence-electron chi connectivity index (χ2n) is 6.25. The van der Waals surface area contributed by atoms with E-state index in [4.69, 9.17) is 0 Å². The highest BCUT2D eigenvalue weighted by molar-refractivity contribution is 4.52. The molecule has 0 radical (unpaired) electrons. The first-order chi connectivity index (χ1) is 10.5. The zero-order valence-electron chi connectivity index (χ0n) is 15.2. The number of rotatable bonds is 13. The number of alkyl halides is 3. The maximum atomic E-state index is 11.7. The third kappa shape index (κ3) is 28.0. The molecule has 0 heterocycles. The Bertz CT molecular complexity index is 182. The number of hydrogen-bond acceptors (Lipinski definition) is 0. The van der Waals surface area contributed by atoms with Crippen LogP contribution in [0.2, 0.25) is 0 Å². The summed E-state index contributed by atoms with van der Waals surface area (Å²) < 4.78 is 35.2. The van der Waals surface area contributed by atoms with Gasteiger partial charge in [-0.25, -0.2) is 0 Å². The minimum atomic E-state index is -3.96. The molecule has 0 spiro atoms. The van der Waals surface area contributed by atoms with Gasteiger partial charge in [-0.05, 0) is 6.42 Å². The Morgan fingerprint density at radius 3 is 1.00 bits per heavy atom. The molecule has 0 rings (SSSR count). The molecule has 0 N–H and O–H groups in total. The van der Waals surface area contributed by atoms with Crippen LogP contribution >= 0.6 is 0 Å². The Hall–Kier alpha value is -0.210. The SMILES string of the molecule is CCCCCCCC.CCCCCCCCCCC(F)(F)F. The lowest BCUT2D eigenvalue weighted by molar-refractivity contribution is -0.135. The van der Waals surface area contributed by atoms with Crippen LogP contribution in [0, 0.1) is 0 Å². The quantitative estimate of drug-likeness (QED) is 0.298. The minimum absolute atomic E-state index is 0.303. The third-order valence-electron chi connectivity index (χ3n) is 3.77. The average molecular weight is 325 g/mol. The molecule has 0 aliphatic heterocycles. The summed E-state index contributed by atoms with van der Waals surface area (Å²) in [7, 11) is 0. The van der Waals surface area contributed by atoms with Crippen molar-refractivity contribution in [3.05, 3.63) is 0 Å². The van der Waals surface area contributed by atoms with E-state index < -0.39 is 12.6 Å². The molecule has 0 amide bonds. The molecule has 0 aromatic rings. The van der Waals surface area contributed by atoms with Gasteiger partial charge in [0.05, 0.1) is 0 Å². The lowest BCUT2D eigenvalue weighted by Crippen LogP contribution is -2.06. The van der Waals surface area contributed by atoms with Crippen molar-refractivity contribution in [1.82, 2.24) is 0 Å². The van der Waals surface area contributed by atoms with Gasteiger partial charge in [0.1, 0.15) is 0 Å². The van der Waals surface area contributed by atoms with Crippen molar-refractivity contribution in [2.75, 3.05) is 0 Å². The first-order valence-corrected chi connectivity index (χ1v) is 9.54. The highest BCUT2D eigenvalue weighted by Crippen LogP contribution is 2.23. The number of unbranched alkanes of at least 4 members (excludes halogenated alkanes) is 12. The molecule has 0 saturated carbocycles. The minimum Gasteiger partial charge on any atom is -0.171 e. The monoisotopic (exact) mass is 324 g/mol. The van der Waals surface area contributed by atoms with Gasteiger partial charge in [-0.2, -0.15) is 13.2 Å². The molecule has 0 nitrogen and oxygen atoms in total. The van der Waals surface area contributed by atoms with Crippen molar-refractivity contribution in [3.63, 3.8) is 0 Å². The highest BCUT2D eigenvalue weighted by atomic mass is 19.4. The van der Waals surface area contributed by atoms with Crippen LogP contribution in [0.15, 0.2) is 0 Å². The van der Waals surface area contributed by atoms with Gasteiger partial charge < -0.3 is 0 Å². The van der Waals surface area contributed by atoms with E-state index in [2.05, 4.69) is 20.8 Å². The van der Waals surface area contributed by atoms with E-state index in [1.54, 1.807) is 0 Å². The normalized spacial score (nSPS) is 11.2. The molecule has 3 heteroatoms. The van der Waals surface area contributed by atoms with Crippen LogP contribution < -0.4 is 0 Å². The first-order valence-electron chi connectivity index (χ1n) is 9.54. The molecule has 0 bridgehead atoms. The largest absolute Gasteiger partial charge is 0.389 e. The fourth-order valence-electron chi connectivity index (χ4n) is 2.31. The van der Waals surface area contributed by atoms with Gasteiger partial charge in [0.2, 0.25) is 0 Å². The topological polar surface area (TPSA) is 0 Å². The van der Waals surface area contributed by atoms with Crippen molar-refractivity contribution in [2.24, 2.45) is 0 Å². The van der Waals surface area contributed by atoms with E-state index in [9.17, 15) is 13.2 Å². The predicted octanol–water partition coefficient (Wildman–Crippen LogP) is 8.45. The van der Waals surface area contributed by atoms with E-state index in [0.717, 1.165) is 19.3 Å². The highest BCUT2D eigenvalue weighted by Gasteiger charge is 2.25. The van der Waals surface area contributed by atoms with Crippen LogP contribution in [0.3, 0.4) is 0 Å². The summed E-state index contributed by atoms with van der Waals surface area (Å²) in [6.45, 7) is 6.67. The summed E-state index contributed by atoms with van der Waals surface area (Å²) >= 11 is 0. The molecular formula is C19H39F3. The zero-order valence-corrected chi connectivity index (χ0v) is 15.2. The van der Waals surface area contributed by atoms with Crippen molar-refractivity contribution < 1.29 is 13.2 Å². The summed E-state index contributed by atoms with van der Waals surface area (Å²) in [5.74, 6) is 0. The maximum absolute atomic E-state index is 11.7. The Balaban J connectivity index is 0. The van der Waals surface area contributed by atoms with Gasteiger partial charge in [0.15, 0.2) is 0 Å². The van der Waals surface area contributed by atoms with Gasteiger partial charge in [-0.1, -0.05) is 104 Å². The van der Waals surface area contributed by atoms with E-state index in [1.165, 1.54) is 64.2 Å². The van der Waals surface area contributed by atoms with E-state index in [1.807, 2.05) is 0 Å². The maximum Gasteiger partial charge on any atom is 0.389 e. The molecule has 0 aromatic carbocycles. The Morgan fingerprint density at radius 1 is 0.455 bits per heavy atom. The average Bonchev–Trinajstić information content (AvgIpc) is 2.46. The Labute approximate surface area is 137 Å². The standard InChI is InChI=1S/C11H21F3.C8H18/c1-2-3-4-5-6-7-8-9-10-11(12,13)14;1-3-5-7-8-6-4-2/h2-10H2,1H3;3-8H2,1-2H3. The van der Waals surface area contributed by atoms with E-state index in [0.29, 0.717) is 6.42 Å². The van der Waals surface area contributed by atoms with Crippen molar-refractivity contribution in [1.29, 1.82) is 0 Å². The third-order valence-corrected chi connectivity index (χ3v) is 3.77. The Morgan fingerprint density at radius 2 is 0.727 bits per heavy atom. The smallest absolute Gasteiger partial charge is 0.171 e.